The standard InChI is InChI=1S/C15H21FO3/c1-3-15(19,4-2)10-12(14(17)18)8-11-6-5-7-13(16)9-11/h5-7,9,12,19H,3-4,8,10H2,1-2H3,(H,17,18). The van der Waals surface area contributed by atoms with Crippen LogP contribution in [0.25, 0.3) is 0 Å². The maximum absolute atomic E-state index is 13.1. The maximum Gasteiger partial charge on any atom is 0.306 e. The highest BCUT2D eigenvalue weighted by Crippen LogP contribution is 2.26. The van der Waals surface area contributed by atoms with E-state index in [1.165, 1.54) is 12.1 Å². The highest BCUT2D eigenvalue weighted by molar-refractivity contribution is 5.70. The topological polar surface area (TPSA) is 57.5 Å². The van der Waals surface area contributed by atoms with E-state index in [9.17, 15) is 19.4 Å². The van der Waals surface area contributed by atoms with Crippen molar-refractivity contribution in [2.75, 3.05) is 0 Å². The van der Waals surface area contributed by atoms with Gasteiger partial charge >= 0.3 is 5.97 Å². The Morgan fingerprint density at radius 1 is 1.37 bits per heavy atom. The third-order valence-corrected chi connectivity index (χ3v) is 3.66. The van der Waals surface area contributed by atoms with Crippen LogP contribution in [0, 0.1) is 11.7 Å². The molecule has 0 aliphatic heterocycles. The Morgan fingerprint density at radius 3 is 2.47 bits per heavy atom. The number of benzene rings is 1. The van der Waals surface area contributed by atoms with Gasteiger partial charge in [-0.15, -0.1) is 0 Å². The van der Waals surface area contributed by atoms with Gasteiger partial charge in [-0.3, -0.25) is 4.79 Å². The molecule has 1 aromatic carbocycles. The summed E-state index contributed by atoms with van der Waals surface area (Å²) >= 11 is 0. The molecule has 0 heterocycles. The molecule has 0 radical (unpaired) electrons. The van der Waals surface area contributed by atoms with Gasteiger partial charge in [-0.25, -0.2) is 4.39 Å². The van der Waals surface area contributed by atoms with Crippen LogP contribution in [0.5, 0.6) is 0 Å². The van der Waals surface area contributed by atoms with E-state index in [4.69, 9.17) is 0 Å². The van der Waals surface area contributed by atoms with E-state index in [0.717, 1.165) is 0 Å². The van der Waals surface area contributed by atoms with Crippen LogP contribution in [0.3, 0.4) is 0 Å². The number of carboxylic acid groups (broad SMARTS) is 1. The normalized spacial score (nSPS) is 13.3. The summed E-state index contributed by atoms with van der Waals surface area (Å²) in [6.07, 6.45) is 1.44. The summed E-state index contributed by atoms with van der Waals surface area (Å²) in [5, 5.41) is 19.5. The molecule has 19 heavy (non-hydrogen) atoms. The Morgan fingerprint density at radius 2 is 2.00 bits per heavy atom. The molecular formula is C15H21FO3. The van der Waals surface area contributed by atoms with E-state index >= 15 is 0 Å². The smallest absolute Gasteiger partial charge is 0.306 e. The second-order valence-electron chi connectivity index (χ2n) is 5.00. The van der Waals surface area contributed by atoms with E-state index in [1.807, 2.05) is 13.8 Å². The minimum atomic E-state index is -0.962. The summed E-state index contributed by atoms with van der Waals surface area (Å²) in [5.74, 6) is -2.03. The van der Waals surface area contributed by atoms with Crippen molar-refractivity contribution >= 4 is 5.97 Å². The molecular weight excluding hydrogens is 247 g/mol. The van der Waals surface area contributed by atoms with Crippen LogP contribution in [0.1, 0.15) is 38.7 Å². The molecule has 0 saturated heterocycles. The van der Waals surface area contributed by atoms with Crippen LogP contribution < -0.4 is 0 Å². The first-order valence-electron chi connectivity index (χ1n) is 6.60. The number of aliphatic carboxylic acids is 1. The fourth-order valence-electron chi connectivity index (χ4n) is 2.19. The Bertz CT molecular complexity index is 427. The molecule has 0 fully saturated rings. The van der Waals surface area contributed by atoms with Crippen molar-refractivity contribution in [3.05, 3.63) is 35.6 Å². The third-order valence-electron chi connectivity index (χ3n) is 3.66. The lowest BCUT2D eigenvalue weighted by Gasteiger charge is -2.28. The number of aliphatic hydroxyl groups is 1. The first kappa shape index (κ1) is 15.6. The molecule has 0 bridgehead atoms. The molecule has 1 aromatic rings. The molecule has 0 spiro atoms. The van der Waals surface area contributed by atoms with Gasteiger partial charge in [-0.2, -0.15) is 0 Å². The largest absolute Gasteiger partial charge is 0.481 e. The van der Waals surface area contributed by atoms with Gasteiger partial charge in [0.05, 0.1) is 11.5 Å². The van der Waals surface area contributed by atoms with Crippen molar-refractivity contribution in [1.82, 2.24) is 0 Å². The minimum absolute atomic E-state index is 0.186. The molecule has 0 saturated carbocycles. The zero-order valence-electron chi connectivity index (χ0n) is 11.4. The lowest BCUT2D eigenvalue weighted by molar-refractivity contribution is -0.144. The van der Waals surface area contributed by atoms with E-state index in [0.29, 0.717) is 18.4 Å². The van der Waals surface area contributed by atoms with Gasteiger partial charge in [0.15, 0.2) is 0 Å². The maximum atomic E-state index is 13.1. The SMILES string of the molecule is CCC(O)(CC)CC(Cc1cccc(F)c1)C(=O)O. The number of rotatable bonds is 7. The highest BCUT2D eigenvalue weighted by atomic mass is 19.1. The molecule has 1 atom stereocenters. The second-order valence-corrected chi connectivity index (χ2v) is 5.00. The van der Waals surface area contributed by atoms with Crippen LogP contribution in [-0.4, -0.2) is 21.8 Å². The summed E-state index contributed by atoms with van der Waals surface area (Å²) in [7, 11) is 0. The van der Waals surface area contributed by atoms with Gasteiger partial charge in [0.1, 0.15) is 5.82 Å². The van der Waals surface area contributed by atoms with Gasteiger partial charge in [0.25, 0.3) is 0 Å². The average molecular weight is 268 g/mol. The second kappa shape index (κ2) is 6.66. The van der Waals surface area contributed by atoms with Gasteiger partial charge in [0, 0.05) is 0 Å². The van der Waals surface area contributed by atoms with E-state index < -0.39 is 17.5 Å². The number of carboxylic acids is 1. The van der Waals surface area contributed by atoms with Crippen molar-refractivity contribution in [2.45, 2.75) is 45.1 Å². The summed E-state index contributed by atoms with van der Waals surface area (Å²) in [6, 6.07) is 5.94. The molecule has 0 amide bonds. The average Bonchev–Trinajstić information content (AvgIpc) is 2.37. The van der Waals surface area contributed by atoms with E-state index in [-0.39, 0.29) is 18.7 Å². The van der Waals surface area contributed by atoms with Crippen LogP contribution >= 0.6 is 0 Å². The fraction of sp³-hybridized carbons (Fsp3) is 0.533. The predicted octanol–water partition coefficient (Wildman–Crippen LogP) is 3.01. The Kier molecular flexibility index (Phi) is 5.48. The molecule has 106 valence electrons. The van der Waals surface area contributed by atoms with Crippen molar-refractivity contribution in [2.24, 2.45) is 5.92 Å². The number of hydrogen-bond acceptors (Lipinski definition) is 2. The number of hydrogen-bond donors (Lipinski definition) is 2. The monoisotopic (exact) mass is 268 g/mol. The zero-order valence-corrected chi connectivity index (χ0v) is 11.4. The molecule has 0 aromatic heterocycles. The lowest BCUT2D eigenvalue weighted by atomic mass is 9.83. The summed E-state index contributed by atoms with van der Waals surface area (Å²) < 4.78 is 13.1. The van der Waals surface area contributed by atoms with Crippen LogP contribution in [0.2, 0.25) is 0 Å². The molecule has 1 rings (SSSR count). The first-order chi connectivity index (χ1) is 8.90. The molecule has 4 heteroatoms. The predicted molar refractivity (Wildman–Crippen MR) is 71.4 cm³/mol. The molecule has 2 N–H and O–H groups in total. The van der Waals surface area contributed by atoms with Gasteiger partial charge in [0.2, 0.25) is 0 Å². The fourth-order valence-corrected chi connectivity index (χ4v) is 2.19. The number of carbonyl (C=O) groups is 1. The quantitative estimate of drug-likeness (QED) is 0.799. The van der Waals surface area contributed by atoms with Gasteiger partial charge in [-0.1, -0.05) is 26.0 Å². The highest BCUT2D eigenvalue weighted by Gasteiger charge is 2.30. The van der Waals surface area contributed by atoms with Crippen molar-refractivity contribution in [1.29, 1.82) is 0 Å². The Labute approximate surface area is 113 Å². The van der Waals surface area contributed by atoms with Crippen LogP contribution in [-0.2, 0) is 11.2 Å². The summed E-state index contributed by atoms with van der Waals surface area (Å²) in [4.78, 5) is 11.3. The van der Waals surface area contributed by atoms with Crippen LogP contribution in [0.15, 0.2) is 24.3 Å². The minimum Gasteiger partial charge on any atom is -0.481 e. The molecule has 0 aliphatic rings. The third kappa shape index (κ3) is 4.63. The Balaban J connectivity index is 2.82. The molecule has 0 aliphatic carbocycles. The van der Waals surface area contributed by atoms with Crippen molar-refractivity contribution < 1.29 is 19.4 Å². The lowest BCUT2D eigenvalue weighted by Crippen LogP contribution is -2.33. The summed E-state index contributed by atoms with van der Waals surface area (Å²) in [6.45, 7) is 3.68. The first-order valence-corrected chi connectivity index (χ1v) is 6.60. The number of halogens is 1. The zero-order chi connectivity index (χ0) is 14.5. The molecule has 1 unspecified atom stereocenters. The summed E-state index contributed by atoms with van der Waals surface area (Å²) in [5.41, 5.74) is -0.321. The van der Waals surface area contributed by atoms with E-state index in [2.05, 4.69) is 0 Å². The van der Waals surface area contributed by atoms with E-state index in [1.54, 1.807) is 12.1 Å². The molecule has 3 nitrogen and oxygen atoms in total. The van der Waals surface area contributed by atoms with Crippen LogP contribution in [0.4, 0.5) is 4.39 Å². The van der Waals surface area contributed by atoms with Crippen molar-refractivity contribution in [3.8, 4) is 0 Å². The van der Waals surface area contributed by atoms with Gasteiger partial charge < -0.3 is 10.2 Å². The van der Waals surface area contributed by atoms with Crippen molar-refractivity contribution in [3.63, 3.8) is 0 Å². The van der Waals surface area contributed by atoms with Gasteiger partial charge in [-0.05, 0) is 43.4 Å². The Hall–Kier alpha value is -1.42.